The second-order valence-electron chi connectivity index (χ2n) is 9.74. The number of ether oxygens (including phenoxy) is 1. The van der Waals surface area contributed by atoms with Gasteiger partial charge in [-0.2, -0.15) is 0 Å². The molecule has 0 bridgehead atoms. The van der Waals surface area contributed by atoms with E-state index in [2.05, 4.69) is 23.5 Å². The van der Waals surface area contributed by atoms with Crippen LogP contribution in [0.1, 0.15) is 91.8 Å². The number of nitrogens with zero attached hydrogens (tertiary/aromatic N) is 1. The molecule has 188 valence electrons. The van der Waals surface area contributed by atoms with E-state index in [4.69, 9.17) is 11.2 Å². The van der Waals surface area contributed by atoms with Crippen molar-refractivity contribution < 1.29 is 19.1 Å². The van der Waals surface area contributed by atoms with Gasteiger partial charge in [-0.05, 0) is 72.1 Å². The summed E-state index contributed by atoms with van der Waals surface area (Å²) in [6.07, 6.45) is 7.18. The van der Waals surface area contributed by atoms with Crippen molar-refractivity contribution >= 4 is 17.9 Å². The first-order valence-electron chi connectivity index (χ1n) is 12.0. The number of amides is 3. The molecule has 0 heterocycles. The van der Waals surface area contributed by atoms with Crippen molar-refractivity contribution in [2.75, 3.05) is 0 Å². The Balaban J connectivity index is 3.38. The lowest BCUT2D eigenvalue weighted by atomic mass is 9.98. The number of rotatable bonds is 10. The fourth-order valence-electron chi connectivity index (χ4n) is 3.59. The second-order valence-corrected chi connectivity index (χ2v) is 9.74. The Morgan fingerprint density at radius 3 is 2.12 bits per heavy atom. The fraction of sp³-hybridized carbons (Fsp3) is 0.593. The second kappa shape index (κ2) is 13.0. The summed E-state index contributed by atoms with van der Waals surface area (Å²) in [4.78, 5) is 41.0. The molecule has 34 heavy (non-hydrogen) atoms. The Hall–Kier alpha value is -3.01. The number of hydrogen-bond acceptors (Lipinski definition) is 4. The Morgan fingerprint density at radius 2 is 1.65 bits per heavy atom. The van der Waals surface area contributed by atoms with Crippen LogP contribution in [-0.4, -0.2) is 46.5 Å². The summed E-state index contributed by atoms with van der Waals surface area (Å²) in [6, 6.07) is 4.99. The van der Waals surface area contributed by atoms with Gasteiger partial charge >= 0.3 is 6.09 Å². The van der Waals surface area contributed by atoms with Gasteiger partial charge in [-0.1, -0.05) is 38.3 Å². The molecule has 0 aliphatic heterocycles. The van der Waals surface area contributed by atoms with Crippen LogP contribution in [0.4, 0.5) is 4.79 Å². The van der Waals surface area contributed by atoms with Gasteiger partial charge in [-0.3, -0.25) is 9.59 Å². The van der Waals surface area contributed by atoms with E-state index in [0.29, 0.717) is 17.5 Å². The van der Waals surface area contributed by atoms with Gasteiger partial charge in [0.15, 0.2) is 0 Å². The molecule has 1 aromatic carbocycles. The molecule has 7 nitrogen and oxygen atoms in total. The van der Waals surface area contributed by atoms with Gasteiger partial charge in [0, 0.05) is 17.6 Å². The molecule has 0 aromatic heterocycles. The summed E-state index contributed by atoms with van der Waals surface area (Å²) in [5, 5.41) is 5.66. The van der Waals surface area contributed by atoms with E-state index in [1.807, 2.05) is 20.8 Å². The van der Waals surface area contributed by atoms with E-state index >= 15 is 0 Å². The summed E-state index contributed by atoms with van der Waals surface area (Å²) < 4.78 is 5.30. The monoisotopic (exact) mass is 471 g/mol. The summed E-state index contributed by atoms with van der Waals surface area (Å²) in [6.45, 7) is 14.7. The van der Waals surface area contributed by atoms with E-state index in [9.17, 15) is 14.4 Å². The van der Waals surface area contributed by atoms with Crippen LogP contribution < -0.4 is 10.6 Å². The molecule has 4 atom stereocenters. The highest BCUT2D eigenvalue weighted by Crippen LogP contribution is 2.27. The number of alkyl carbamates (subject to hydrolysis) is 1. The van der Waals surface area contributed by atoms with Crippen molar-refractivity contribution in [2.24, 2.45) is 0 Å². The third-order valence-corrected chi connectivity index (χ3v) is 5.45. The highest BCUT2D eigenvalue weighted by Gasteiger charge is 2.37. The van der Waals surface area contributed by atoms with Crippen LogP contribution in [0.5, 0.6) is 0 Å². The molecule has 0 radical (unpaired) electrons. The topological polar surface area (TPSA) is 87.7 Å². The molecule has 4 unspecified atom stereocenters. The quantitative estimate of drug-likeness (QED) is 0.490. The van der Waals surface area contributed by atoms with E-state index in [1.165, 1.54) is 0 Å². The Labute approximate surface area is 205 Å². The van der Waals surface area contributed by atoms with Crippen molar-refractivity contribution in [3.63, 3.8) is 0 Å². The van der Waals surface area contributed by atoms with Crippen LogP contribution in [-0.2, 0) is 14.3 Å². The average molecular weight is 472 g/mol. The van der Waals surface area contributed by atoms with Gasteiger partial charge in [0.05, 0.1) is 0 Å². The molecule has 0 aliphatic carbocycles. The molecular formula is C27H41N3O4. The van der Waals surface area contributed by atoms with Crippen molar-refractivity contribution in [1.29, 1.82) is 0 Å². The lowest BCUT2D eigenvalue weighted by Gasteiger charge is -2.38. The molecule has 0 spiro atoms. The van der Waals surface area contributed by atoms with Gasteiger partial charge < -0.3 is 20.3 Å². The van der Waals surface area contributed by atoms with Crippen molar-refractivity contribution in [2.45, 2.75) is 104 Å². The number of carbonyl (C=O) groups is 3. The van der Waals surface area contributed by atoms with Gasteiger partial charge in [-0.25, -0.2) is 4.79 Å². The van der Waals surface area contributed by atoms with Crippen LogP contribution in [0.15, 0.2) is 24.3 Å². The number of benzene rings is 1. The minimum absolute atomic E-state index is 0.0452. The zero-order chi connectivity index (χ0) is 26.1. The van der Waals surface area contributed by atoms with Crippen LogP contribution in [0.2, 0.25) is 0 Å². The predicted molar refractivity (Wildman–Crippen MR) is 135 cm³/mol. The van der Waals surface area contributed by atoms with Crippen molar-refractivity contribution in [3.05, 3.63) is 35.4 Å². The summed E-state index contributed by atoms with van der Waals surface area (Å²) in [5.41, 5.74) is 0.641. The van der Waals surface area contributed by atoms with Crippen LogP contribution in [0, 0.1) is 12.3 Å². The average Bonchev–Trinajstić information content (AvgIpc) is 2.75. The number of hydrogen-bond donors (Lipinski definition) is 2. The Morgan fingerprint density at radius 1 is 1.06 bits per heavy atom. The highest BCUT2D eigenvalue weighted by molar-refractivity contribution is 5.92. The van der Waals surface area contributed by atoms with Crippen molar-refractivity contribution in [3.8, 4) is 12.3 Å². The van der Waals surface area contributed by atoms with E-state index < -0.39 is 23.8 Å². The summed E-state index contributed by atoms with van der Waals surface area (Å²) >= 11 is 0. The predicted octanol–water partition coefficient (Wildman–Crippen LogP) is 4.55. The van der Waals surface area contributed by atoms with E-state index in [-0.39, 0.29) is 23.9 Å². The summed E-state index contributed by atoms with van der Waals surface area (Å²) in [7, 11) is 0. The minimum atomic E-state index is -0.891. The van der Waals surface area contributed by atoms with Crippen molar-refractivity contribution in [1.82, 2.24) is 15.5 Å². The fourth-order valence-corrected chi connectivity index (χ4v) is 3.59. The van der Waals surface area contributed by atoms with E-state index in [0.717, 1.165) is 12.8 Å². The first-order chi connectivity index (χ1) is 15.8. The molecular weight excluding hydrogens is 430 g/mol. The third-order valence-electron chi connectivity index (χ3n) is 5.45. The van der Waals surface area contributed by atoms with Gasteiger partial charge in [0.25, 0.3) is 0 Å². The zero-order valence-corrected chi connectivity index (χ0v) is 21.9. The molecule has 7 heteroatoms. The number of terminal acetylenes is 1. The molecule has 1 aromatic rings. The smallest absolute Gasteiger partial charge is 0.408 e. The van der Waals surface area contributed by atoms with Crippen LogP contribution >= 0.6 is 0 Å². The lowest BCUT2D eigenvalue weighted by molar-refractivity contribution is -0.145. The molecule has 3 amide bonds. The number of carbonyl (C=O) groups excluding carboxylic acids is 3. The highest BCUT2D eigenvalue weighted by atomic mass is 16.6. The van der Waals surface area contributed by atoms with Gasteiger partial charge in [0.1, 0.15) is 17.7 Å². The normalized spacial score (nSPS) is 14.7. The maximum atomic E-state index is 13.6. The molecule has 1 rings (SSSR count). The van der Waals surface area contributed by atoms with Crippen LogP contribution in [0.25, 0.3) is 0 Å². The molecule has 0 fully saturated rings. The Bertz CT molecular complexity index is 867. The lowest BCUT2D eigenvalue weighted by Crippen LogP contribution is -2.55. The molecule has 0 saturated heterocycles. The first-order valence-corrected chi connectivity index (χ1v) is 12.0. The van der Waals surface area contributed by atoms with E-state index in [1.54, 1.807) is 56.9 Å². The minimum Gasteiger partial charge on any atom is -0.444 e. The maximum Gasteiger partial charge on any atom is 0.408 e. The third kappa shape index (κ3) is 8.74. The van der Waals surface area contributed by atoms with Gasteiger partial charge in [0.2, 0.25) is 11.8 Å². The molecule has 0 saturated carbocycles. The van der Waals surface area contributed by atoms with Crippen LogP contribution in [0.3, 0.4) is 0 Å². The summed E-state index contributed by atoms with van der Waals surface area (Å²) in [5.74, 6) is 1.93. The SMILES string of the molecule is C#Cc1ccc(C(C(=O)NC(C)CCC)N(C(=O)C(C)NC(=O)OC(C)(C)C)C(C)CC)cc1. The molecule has 0 aliphatic rings. The zero-order valence-electron chi connectivity index (χ0n) is 21.9. The standard InChI is InChI=1S/C27H41N3O4/c1-10-13-18(4)28-24(31)23(22-16-14-21(12-3)15-17-22)30(19(5)11-2)25(32)20(6)29-26(33)34-27(7,8)9/h3,14-20,23H,10-11,13H2,1-2,4-9H3,(H,28,31)(H,29,33). The van der Waals surface area contributed by atoms with Gasteiger partial charge in [-0.15, -0.1) is 6.42 Å². The Kier molecular flexibility index (Phi) is 11.1. The maximum absolute atomic E-state index is 13.6. The largest absolute Gasteiger partial charge is 0.444 e. The number of nitrogens with one attached hydrogen (secondary N) is 2. The molecule has 2 N–H and O–H groups in total. The first kappa shape index (κ1) is 29.0.